The second kappa shape index (κ2) is 14.0. The molecule has 1 heterocycles. The number of aromatic amines is 1. The predicted molar refractivity (Wildman–Crippen MR) is 161 cm³/mol. The van der Waals surface area contributed by atoms with Crippen molar-refractivity contribution in [3.63, 3.8) is 0 Å². The molecule has 5 rings (SSSR count). The molecule has 9 heteroatoms. The van der Waals surface area contributed by atoms with Gasteiger partial charge in [-0.2, -0.15) is 10.4 Å². The van der Waals surface area contributed by atoms with Gasteiger partial charge in [-0.05, 0) is 59.7 Å². The fourth-order valence-electron chi connectivity index (χ4n) is 3.94. The van der Waals surface area contributed by atoms with Gasteiger partial charge in [0.15, 0.2) is 0 Å². The van der Waals surface area contributed by atoms with Crippen LogP contribution in [0.3, 0.4) is 0 Å². The van der Waals surface area contributed by atoms with E-state index in [2.05, 4.69) is 20.5 Å². The first-order valence-electron chi connectivity index (χ1n) is 13.2. The van der Waals surface area contributed by atoms with Gasteiger partial charge in [0.25, 0.3) is 5.56 Å². The van der Waals surface area contributed by atoms with E-state index >= 15 is 0 Å². The van der Waals surface area contributed by atoms with Crippen molar-refractivity contribution in [2.45, 2.75) is 6.61 Å². The molecule has 0 aliphatic rings. The van der Waals surface area contributed by atoms with Crippen LogP contribution < -0.4 is 25.2 Å². The molecule has 208 valence electrons. The Balaban J connectivity index is 1.07. The molecule has 0 fully saturated rings. The molecule has 0 bridgehead atoms. The van der Waals surface area contributed by atoms with Gasteiger partial charge in [0.1, 0.15) is 48.7 Å². The lowest BCUT2D eigenvalue weighted by molar-refractivity contribution is 0.217. The Morgan fingerprint density at radius 2 is 1.36 bits per heavy atom. The van der Waals surface area contributed by atoms with E-state index in [0.29, 0.717) is 31.1 Å². The lowest BCUT2D eigenvalue weighted by atomic mass is 10.1. The molecule has 0 saturated carbocycles. The molecule has 0 spiro atoms. The van der Waals surface area contributed by atoms with E-state index < -0.39 is 5.56 Å². The van der Waals surface area contributed by atoms with E-state index in [4.69, 9.17) is 14.2 Å². The number of H-pyrrole nitrogens is 1. The van der Waals surface area contributed by atoms with Crippen LogP contribution in [0.1, 0.15) is 16.7 Å². The highest BCUT2D eigenvalue weighted by atomic mass is 16.5. The van der Waals surface area contributed by atoms with Gasteiger partial charge in [0, 0.05) is 5.56 Å². The van der Waals surface area contributed by atoms with Crippen LogP contribution >= 0.6 is 0 Å². The molecule has 0 aliphatic heterocycles. The number of hydrazone groups is 1. The second-order valence-electron chi connectivity index (χ2n) is 9.00. The molecular formula is C33H27N5O4. The van der Waals surface area contributed by atoms with E-state index in [1.807, 2.05) is 103 Å². The van der Waals surface area contributed by atoms with Crippen LogP contribution in [0.25, 0.3) is 11.3 Å². The van der Waals surface area contributed by atoms with Crippen LogP contribution in [0.15, 0.2) is 119 Å². The first-order chi connectivity index (χ1) is 20.7. The molecule has 42 heavy (non-hydrogen) atoms. The van der Waals surface area contributed by atoms with E-state index in [1.165, 1.54) is 0 Å². The summed E-state index contributed by atoms with van der Waals surface area (Å²) in [6.45, 7) is 1.28. The maximum absolute atomic E-state index is 12.4. The monoisotopic (exact) mass is 557 g/mol. The molecule has 5 aromatic rings. The Morgan fingerprint density at radius 1 is 0.786 bits per heavy atom. The number of aromatic nitrogens is 2. The van der Waals surface area contributed by atoms with Crippen LogP contribution in [0.4, 0.5) is 5.95 Å². The second-order valence-corrected chi connectivity index (χ2v) is 9.00. The molecule has 0 aliphatic carbocycles. The van der Waals surface area contributed by atoms with E-state index in [1.54, 1.807) is 18.3 Å². The molecule has 1 aromatic heterocycles. The molecular weight excluding hydrogens is 530 g/mol. The largest absolute Gasteiger partial charge is 0.490 e. The Morgan fingerprint density at radius 3 is 1.98 bits per heavy atom. The van der Waals surface area contributed by atoms with E-state index in [0.717, 1.165) is 22.6 Å². The SMILES string of the molecule is N#Cc1c(-c2ccccc2)nc(NN=Cc2ccc(OCCOc3ccc(OCc4ccccc4)cc3)cc2)[nH]c1=O. The first kappa shape index (κ1) is 27.7. The predicted octanol–water partition coefficient (Wildman–Crippen LogP) is 5.79. The summed E-state index contributed by atoms with van der Waals surface area (Å²) in [5.74, 6) is 2.33. The van der Waals surface area contributed by atoms with E-state index in [-0.39, 0.29) is 17.2 Å². The number of nitriles is 1. The number of rotatable bonds is 12. The fraction of sp³-hybridized carbons (Fsp3) is 0.0909. The van der Waals surface area contributed by atoms with Gasteiger partial charge < -0.3 is 14.2 Å². The van der Waals surface area contributed by atoms with Gasteiger partial charge in [-0.1, -0.05) is 60.7 Å². The van der Waals surface area contributed by atoms with Crippen molar-refractivity contribution in [3.05, 3.63) is 136 Å². The third-order valence-corrected chi connectivity index (χ3v) is 6.04. The summed E-state index contributed by atoms with van der Waals surface area (Å²) in [5, 5.41) is 13.5. The minimum atomic E-state index is -0.542. The molecule has 9 nitrogen and oxygen atoms in total. The number of ether oxygens (including phenoxy) is 3. The Bertz CT molecular complexity index is 1710. The zero-order chi connectivity index (χ0) is 29.0. The van der Waals surface area contributed by atoms with Crippen molar-refractivity contribution in [1.29, 1.82) is 5.26 Å². The Hall–Kier alpha value is -5.88. The smallest absolute Gasteiger partial charge is 0.270 e. The average molecular weight is 558 g/mol. The quantitative estimate of drug-likeness (QED) is 0.113. The van der Waals surface area contributed by atoms with Crippen molar-refractivity contribution in [3.8, 4) is 34.6 Å². The van der Waals surface area contributed by atoms with Gasteiger partial charge in [-0.3, -0.25) is 9.78 Å². The van der Waals surface area contributed by atoms with Crippen molar-refractivity contribution < 1.29 is 14.2 Å². The van der Waals surface area contributed by atoms with Crippen LogP contribution in [0, 0.1) is 11.3 Å². The third kappa shape index (κ3) is 7.61. The fourth-order valence-corrected chi connectivity index (χ4v) is 3.94. The molecule has 2 N–H and O–H groups in total. The molecule has 0 atom stereocenters. The van der Waals surface area contributed by atoms with Crippen LogP contribution in [-0.4, -0.2) is 29.4 Å². The maximum atomic E-state index is 12.4. The molecule has 4 aromatic carbocycles. The van der Waals surface area contributed by atoms with Crippen molar-refractivity contribution in [2.75, 3.05) is 18.6 Å². The molecule has 0 saturated heterocycles. The maximum Gasteiger partial charge on any atom is 0.270 e. The summed E-state index contributed by atoms with van der Waals surface area (Å²) in [6, 6.07) is 35.8. The van der Waals surface area contributed by atoms with Crippen molar-refractivity contribution in [1.82, 2.24) is 9.97 Å². The summed E-state index contributed by atoms with van der Waals surface area (Å²) in [7, 11) is 0. The minimum Gasteiger partial charge on any atom is -0.490 e. The molecule has 0 amide bonds. The zero-order valence-corrected chi connectivity index (χ0v) is 22.6. The highest BCUT2D eigenvalue weighted by molar-refractivity contribution is 5.80. The summed E-state index contributed by atoms with van der Waals surface area (Å²) in [5.41, 5.74) is 4.99. The summed E-state index contributed by atoms with van der Waals surface area (Å²) in [6.07, 6.45) is 1.58. The standard InChI is InChI=1S/C33H27N5O4/c34-21-30-31(26-9-5-2-6-10-26)36-33(37-32(30)39)38-35-22-24-11-13-27(14-12-24)40-19-20-41-28-15-17-29(18-16-28)42-23-25-7-3-1-4-8-25/h1-18,22H,19-20,23H2,(H2,36,37,38,39). The average Bonchev–Trinajstić information content (AvgIpc) is 3.04. The van der Waals surface area contributed by atoms with Crippen LogP contribution in [-0.2, 0) is 6.61 Å². The van der Waals surface area contributed by atoms with E-state index in [9.17, 15) is 10.1 Å². The van der Waals surface area contributed by atoms with Gasteiger partial charge >= 0.3 is 0 Å². The Labute approximate surface area is 242 Å². The highest BCUT2D eigenvalue weighted by Gasteiger charge is 2.12. The number of anilines is 1. The van der Waals surface area contributed by atoms with Crippen molar-refractivity contribution in [2.24, 2.45) is 5.10 Å². The number of nitrogens with zero attached hydrogens (tertiary/aromatic N) is 3. The minimum absolute atomic E-state index is 0.0567. The molecule has 0 radical (unpaired) electrons. The number of hydrogen-bond acceptors (Lipinski definition) is 8. The van der Waals surface area contributed by atoms with Crippen molar-refractivity contribution >= 4 is 12.2 Å². The normalized spacial score (nSPS) is 10.6. The summed E-state index contributed by atoms with van der Waals surface area (Å²) < 4.78 is 17.3. The number of hydrogen-bond donors (Lipinski definition) is 2. The highest BCUT2D eigenvalue weighted by Crippen LogP contribution is 2.20. The number of benzene rings is 4. The van der Waals surface area contributed by atoms with Gasteiger partial charge in [-0.15, -0.1) is 0 Å². The summed E-state index contributed by atoms with van der Waals surface area (Å²) >= 11 is 0. The third-order valence-electron chi connectivity index (χ3n) is 6.04. The van der Waals surface area contributed by atoms with Crippen LogP contribution in [0.2, 0.25) is 0 Å². The lowest BCUT2D eigenvalue weighted by Crippen LogP contribution is -2.16. The lowest BCUT2D eigenvalue weighted by Gasteiger charge is -2.10. The first-order valence-corrected chi connectivity index (χ1v) is 13.2. The molecule has 0 unspecified atom stereocenters. The summed E-state index contributed by atoms with van der Waals surface area (Å²) in [4.78, 5) is 19.3. The van der Waals surface area contributed by atoms with Gasteiger partial charge in [0.2, 0.25) is 5.95 Å². The van der Waals surface area contributed by atoms with Gasteiger partial charge in [-0.25, -0.2) is 10.4 Å². The Kier molecular flexibility index (Phi) is 9.20. The van der Waals surface area contributed by atoms with Crippen LogP contribution in [0.5, 0.6) is 17.2 Å². The zero-order valence-electron chi connectivity index (χ0n) is 22.6. The topological polar surface area (TPSA) is 122 Å². The number of nitrogens with one attached hydrogen (secondary N) is 2. The van der Waals surface area contributed by atoms with Gasteiger partial charge in [0.05, 0.1) is 11.9 Å².